The minimum absolute atomic E-state index is 0.251. The molecular weight excluding hydrogens is 236 g/mol. The lowest BCUT2D eigenvalue weighted by atomic mass is 9.74. The molecule has 19 heavy (non-hydrogen) atoms. The second kappa shape index (κ2) is 10.7. The first-order valence-electron chi connectivity index (χ1n) is 8.35. The quantitative estimate of drug-likeness (QED) is 0.586. The summed E-state index contributed by atoms with van der Waals surface area (Å²) in [4.78, 5) is 0. The molecule has 0 radical (unpaired) electrons. The van der Waals surface area contributed by atoms with Crippen LogP contribution in [0.2, 0.25) is 0 Å². The Morgan fingerprint density at radius 2 is 1.26 bits per heavy atom. The van der Waals surface area contributed by atoms with E-state index in [9.17, 15) is 10.2 Å². The minimum atomic E-state index is -0.283. The van der Waals surface area contributed by atoms with Crippen LogP contribution < -0.4 is 0 Å². The lowest BCUT2D eigenvalue weighted by molar-refractivity contribution is -0.0229. The van der Waals surface area contributed by atoms with Crippen LogP contribution in [0.15, 0.2) is 0 Å². The Bertz CT molecular complexity index is 203. The Kier molecular flexibility index (Phi) is 10.6. The molecule has 0 aliphatic carbocycles. The van der Waals surface area contributed by atoms with Gasteiger partial charge in [-0.25, -0.2) is 0 Å². The van der Waals surface area contributed by atoms with Crippen LogP contribution >= 0.6 is 0 Å². The van der Waals surface area contributed by atoms with E-state index in [0.29, 0.717) is 0 Å². The highest BCUT2D eigenvalue weighted by Crippen LogP contribution is 2.33. The Labute approximate surface area is 120 Å². The Morgan fingerprint density at radius 1 is 0.789 bits per heavy atom. The first-order chi connectivity index (χ1) is 8.99. The average Bonchev–Trinajstić information content (AvgIpc) is 2.40. The highest BCUT2D eigenvalue weighted by molar-refractivity contribution is 4.82. The summed E-state index contributed by atoms with van der Waals surface area (Å²) in [5.74, 6) is 0.783. The van der Waals surface area contributed by atoms with Gasteiger partial charge in [-0.1, -0.05) is 60.3 Å². The van der Waals surface area contributed by atoms with E-state index in [2.05, 4.69) is 27.7 Å². The molecule has 0 spiro atoms. The Balaban J connectivity index is 4.87. The summed E-state index contributed by atoms with van der Waals surface area (Å²) >= 11 is 0. The minimum Gasteiger partial charge on any atom is -0.393 e. The van der Waals surface area contributed by atoms with Gasteiger partial charge >= 0.3 is 0 Å². The number of hydrogen-bond acceptors (Lipinski definition) is 2. The van der Waals surface area contributed by atoms with Crippen molar-refractivity contribution >= 4 is 0 Å². The number of hydrogen-bond donors (Lipinski definition) is 2. The van der Waals surface area contributed by atoms with Crippen LogP contribution in [0.1, 0.15) is 79.6 Å². The number of aliphatic hydroxyl groups is 2. The van der Waals surface area contributed by atoms with Gasteiger partial charge in [0.05, 0.1) is 12.2 Å². The van der Waals surface area contributed by atoms with Gasteiger partial charge in [-0.05, 0) is 37.0 Å². The van der Waals surface area contributed by atoms with Gasteiger partial charge < -0.3 is 10.2 Å². The normalized spacial score (nSPS) is 18.3. The van der Waals surface area contributed by atoms with Crippen molar-refractivity contribution in [3.63, 3.8) is 0 Å². The van der Waals surface area contributed by atoms with E-state index >= 15 is 0 Å². The summed E-state index contributed by atoms with van der Waals surface area (Å²) < 4.78 is 0. The zero-order valence-corrected chi connectivity index (χ0v) is 13.7. The van der Waals surface area contributed by atoms with Gasteiger partial charge in [0.2, 0.25) is 0 Å². The number of unbranched alkanes of at least 4 members (excludes halogenated alkanes) is 2. The standard InChI is InChI=1S/C17H36O2/c1-6-9-11-14(16(18)8-3)15(12-10-7-2)17(19)13(4)5/h13-19H,6-12H2,1-5H3. The summed E-state index contributed by atoms with van der Waals surface area (Å²) in [6.07, 6.45) is 6.95. The Hall–Kier alpha value is -0.0800. The fraction of sp³-hybridized carbons (Fsp3) is 1.00. The molecule has 4 unspecified atom stereocenters. The summed E-state index contributed by atoms with van der Waals surface area (Å²) in [7, 11) is 0. The largest absolute Gasteiger partial charge is 0.393 e. The van der Waals surface area contributed by atoms with E-state index in [4.69, 9.17) is 0 Å². The van der Waals surface area contributed by atoms with E-state index in [0.717, 1.165) is 44.9 Å². The molecule has 0 aromatic heterocycles. The van der Waals surface area contributed by atoms with Crippen molar-refractivity contribution in [3.05, 3.63) is 0 Å². The Morgan fingerprint density at radius 3 is 1.63 bits per heavy atom. The van der Waals surface area contributed by atoms with E-state index in [1.165, 1.54) is 0 Å². The molecule has 0 saturated carbocycles. The molecule has 116 valence electrons. The zero-order chi connectivity index (χ0) is 14.8. The van der Waals surface area contributed by atoms with Crippen LogP contribution in [0, 0.1) is 17.8 Å². The second-order valence-electron chi connectivity index (χ2n) is 6.32. The maximum absolute atomic E-state index is 10.5. The molecule has 4 atom stereocenters. The van der Waals surface area contributed by atoms with Crippen molar-refractivity contribution in [2.75, 3.05) is 0 Å². The van der Waals surface area contributed by atoms with Crippen LogP contribution in [0.4, 0.5) is 0 Å². The van der Waals surface area contributed by atoms with Gasteiger partial charge in [-0.3, -0.25) is 0 Å². The molecule has 0 amide bonds. The molecule has 2 N–H and O–H groups in total. The van der Waals surface area contributed by atoms with Crippen LogP contribution in [-0.4, -0.2) is 22.4 Å². The van der Waals surface area contributed by atoms with Crippen molar-refractivity contribution in [2.45, 2.75) is 91.8 Å². The fourth-order valence-electron chi connectivity index (χ4n) is 3.01. The number of rotatable bonds is 11. The molecule has 0 aliphatic rings. The smallest absolute Gasteiger partial charge is 0.0594 e. The van der Waals surface area contributed by atoms with Crippen molar-refractivity contribution in [1.29, 1.82) is 0 Å². The molecular formula is C17H36O2. The molecule has 0 bridgehead atoms. The predicted octanol–water partition coefficient (Wildman–Crippen LogP) is 4.39. The first kappa shape index (κ1) is 18.9. The second-order valence-corrected chi connectivity index (χ2v) is 6.32. The monoisotopic (exact) mass is 272 g/mol. The van der Waals surface area contributed by atoms with Crippen LogP contribution in [0.25, 0.3) is 0 Å². The lowest BCUT2D eigenvalue weighted by Gasteiger charge is -2.36. The van der Waals surface area contributed by atoms with Crippen LogP contribution in [0.3, 0.4) is 0 Å². The summed E-state index contributed by atoms with van der Waals surface area (Å²) in [6.45, 7) is 10.6. The number of aliphatic hydroxyl groups excluding tert-OH is 2. The van der Waals surface area contributed by atoms with E-state index in [-0.39, 0.29) is 30.0 Å². The molecule has 2 nitrogen and oxygen atoms in total. The SMILES string of the molecule is CCCCC(C(O)CC)C(CCCC)C(O)C(C)C. The van der Waals surface area contributed by atoms with Gasteiger partial charge in [-0.15, -0.1) is 0 Å². The van der Waals surface area contributed by atoms with Crippen molar-refractivity contribution < 1.29 is 10.2 Å². The third-order valence-corrected chi connectivity index (χ3v) is 4.37. The molecule has 0 aromatic carbocycles. The van der Waals surface area contributed by atoms with Gasteiger partial charge in [0.1, 0.15) is 0 Å². The lowest BCUT2D eigenvalue weighted by Crippen LogP contribution is -2.37. The van der Waals surface area contributed by atoms with E-state index in [1.54, 1.807) is 0 Å². The predicted molar refractivity (Wildman–Crippen MR) is 83.2 cm³/mol. The first-order valence-corrected chi connectivity index (χ1v) is 8.35. The van der Waals surface area contributed by atoms with Crippen molar-refractivity contribution in [2.24, 2.45) is 17.8 Å². The van der Waals surface area contributed by atoms with Gasteiger partial charge in [0, 0.05) is 0 Å². The summed E-state index contributed by atoms with van der Waals surface area (Å²) in [5.41, 5.74) is 0. The highest BCUT2D eigenvalue weighted by Gasteiger charge is 2.32. The maximum Gasteiger partial charge on any atom is 0.0594 e. The average molecular weight is 272 g/mol. The molecule has 0 rings (SSSR count). The summed E-state index contributed by atoms with van der Waals surface area (Å²) in [6, 6.07) is 0. The topological polar surface area (TPSA) is 40.5 Å². The fourth-order valence-corrected chi connectivity index (χ4v) is 3.01. The molecule has 0 aromatic rings. The van der Waals surface area contributed by atoms with Crippen molar-refractivity contribution in [1.82, 2.24) is 0 Å². The molecule has 0 saturated heterocycles. The van der Waals surface area contributed by atoms with Gasteiger partial charge in [-0.2, -0.15) is 0 Å². The third-order valence-electron chi connectivity index (χ3n) is 4.37. The maximum atomic E-state index is 10.5. The van der Waals surface area contributed by atoms with Crippen LogP contribution in [-0.2, 0) is 0 Å². The molecule has 0 aliphatic heterocycles. The van der Waals surface area contributed by atoms with E-state index < -0.39 is 0 Å². The zero-order valence-electron chi connectivity index (χ0n) is 13.7. The summed E-state index contributed by atoms with van der Waals surface area (Å²) in [5, 5.41) is 20.8. The molecule has 2 heteroatoms. The van der Waals surface area contributed by atoms with Crippen LogP contribution in [0.5, 0.6) is 0 Å². The van der Waals surface area contributed by atoms with Gasteiger partial charge in [0.25, 0.3) is 0 Å². The third kappa shape index (κ3) is 6.76. The molecule has 0 fully saturated rings. The van der Waals surface area contributed by atoms with Gasteiger partial charge in [0.15, 0.2) is 0 Å². The molecule has 0 heterocycles. The van der Waals surface area contributed by atoms with Crippen molar-refractivity contribution in [3.8, 4) is 0 Å². The van der Waals surface area contributed by atoms with E-state index in [1.807, 2.05) is 6.92 Å². The highest BCUT2D eigenvalue weighted by atomic mass is 16.3.